The van der Waals surface area contributed by atoms with Crippen molar-refractivity contribution in [3.63, 3.8) is 0 Å². The molecule has 3 fully saturated rings. The Morgan fingerprint density at radius 2 is 1.76 bits per heavy atom. The van der Waals surface area contributed by atoms with Crippen molar-refractivity contribution in [2.45, 2.75) is 63.1 Å². The van der Waals surface area contributed by atoms with Crippen LogP contribution in [0.2, 0.25) is 0 Å². The smallest absolute Gasteiger partial charge is 0.238 e. The van der Waals surface area contributed by atoms with Crippen LogP contribution in [0, 0.1) is 28.8 Å². The first-order valence-electron chi connectivity index (χ1n) is 11.6. The summed E-state index contributed by atoms with van der Waals surface area (Å²) in [5, 5.41) is 0. The second kappa shape index (κ2) is 9.25. The van der Waals surface area contributed by atoms with E-state index in [1.54, 1.807) is 19.1 Å². The van der Waals surface area contributed by atoms with E-state index in [2.05, 4.69) is 0 Å². The summed E-state index contributed by atoms with van der Waals surface area (Å²) in [6, 6.07) is 0.994. The predicted molar refractivity (Wildman–Crippen MR) is 116 cm³/mol. The number of fused-ring (bicyclic) bond motifs is 2. The number of carbonyl (C=O) groups is 2. The van der Waals surface area contributed by atoms with E-state index in [0.717, 1.165) is 18.9 Å². The molecule has 2 saturated heterocycles. The van der Waals surface area contributed by atoms with Crippen LogP contribution in [-0.4, -0.2) is 67.0 Å². The number of nitrogens with two attached hydrogens (primary N) is 1. The number of carbonyl (C=O) groups excluding carboxylic acids is 2. The van der Waals surface area contributed by atoms with Gasteiger partial charge in [-0.05, 0) is 62.5 Å². The van der Waals surface area contributed by atoms with Gasteiger partial charge in [-0.15, -0.1) is 0 Å². The van der Waals surface area contributed by atoms with Gasteiger partial charge in [0.25, 0.3) is 0 Å². The molecule has 3 atom stereocenters. The molecule has 9 heteroatoms. The molecule has 2 N–H and O–H groups in total. The van der Waals surface area contributed by atoms with E-state index in [9.17, 15) is 22.8 Å². The summed E-state index contributed by atoms with van der Waals surface area (Å²) in [6.07, 6.45) is 4.27. The summed E-state index contributed by atoms with van der Waals surface area (Å²) < 4.78 is 45.9. The summed E-state index contributed by atoms with van der Waals surface area (Å²) in [5.41, 5.74) is 5.50. The van der Waals surface area contributed by atoms with Gasteiger partial charge in [-0.3, -0.25) is 9.59 Å². The van der Waals surface area contributed by atoms with Crippen LogP contribution in [0.15, 0.2) is 12.1 Å². The highest BCUT2D eigenvalue weighted by Gasteiger charge is 2.61. The van der Waals surface area contributed by atoms with Crippen LogP contribution in [0.1, 0.15) is 44.1 Å². The zero-order valence-electron chi connectivity index (χ0n) is 19.2. The lowest BCUT2D eigenvalue weighted by Gasteiger charge is -2.42. The van der Waals surface area contributed by atoms with Gasteiger partial charge >= 0.3 is 0 Å². The molecular formula is C24H32F3N3O3. The predicted octanol–water partition coefficient (Wildman–Crippen LogP) is 2.63. The van der Waals surface area contributed by atoms with Gasteiger partial charge in [0.05, 0.1) is 6.61 Å². The molecule has 2 aliphatic heterocycles. The lowest BCUT2D eigenvalue weighted by molar-refractivity contribution is -0.152. The number of amides is 2. The monoisotopic (exact) mass is 467 g/mol. The number of nitrogens with zero attached hydrogens (tertiary/aromatic N) is 2. The second-order valence-corrected chi connectivity index (χ2v) is 9.86. The Labute approximate surface area is 192 Å². The van der Waals surface area contributed by atoms with Gasteiger partial charge in [-0.25, -0.2) is 13.2 Å². The number of rotatable bonds is 8. The highest BCUT2D eigenvalue weighted by Crippen LogP contribution is 2.52. The summed E-state index contributed by atoms with van der Waals surface area (Å²) in [5.74, 6) is -3.29. The van der Waals surface area contributed by atoms with Crippen LogP contribution < -0.4 is 5.73 Å². The van der Waals surface area contributed by atoms with Crippen LogP contribution >= 0.6 is 0 Å². The molecule has 2 amide bonds. The quantitative estimate of drug-likeness (QED) is 0.471. The normalized spacial score (nSPS) is 26.2. The average molecular weight is 468 g/mol. The van der Waals surface area contributed by atoms with Crippen molar-refractivity contribution in [3.05, 3.63) is 35.1 Å². The van der Waals surface area contributed by atoms with Crippen molar-refractivity contribution >= 4 is 11.8 Å². The number of halogens is 3. The lowest BCUT2D eigenvalue weighted by atomic mass is 9.82. The Morgan fingerprint density at radius 1 is 1.15 bits per heavy atom. The van der Waals surface area contributed by atoms with Gasteiger partial charge in [-0.2, -0.15) is 0 Å². The standard InChI is InChI=1S/C24H32F3N3O3/c1-29(7-8-33-2)22(31)24(5-6-24)23(32)30-16-3-4-17(30)10-15(9-16)21(28)12-14-11-19(26)20(27)13-18(14)25/h11,13,15-17,21H,3-10,12,28H2,1-2H3/t15?,16?,17?,21-/m1/s1. The minimum atomic E-state index is -1.22. The molecular weight excluding hydrogens is 435 g/mol. The Balaban J connectivity index is 1.42. The van der Waals surface area contributed by atoms with Crippen molar-refractivity contribution in [2.24, 2.45) is 17.1 Å². The molecule has 0 spiro atoms. The molecule has 3 aliphatic rings. The summed E-state index contributed by atoms with van der Waals surface area (Å²) in [4.78, 5) is 30.0. The van der Waals surface area contributed by atoms with E-state index in [0.29, 0.717) is 44.9 Å². The van der Waals surface area contributed by atoms with Crippen LogP contribution in [0.5, 0.6) is 0 Å². The molecule has 1 aromatic rings. The molecule has 6 nitrogen and oxygen atoms in total. The Bertz CT molecular complexity index is 910. The molecule has 33 heavy (non-hydrogen) atoms. The van der Waals surface area contributed by atoms with Crippen LogP contribution in [-0.2, 0) is 20.7 Å². The molecule has 0 radical (unpaired) electrons. The third-order valence-corrected chi connectivity index (χ3v) is 7.70. The van der Waals surface area contributed by atoms with Crippen molar-refractivity contribution in [1.82, 2.24) is 9.80 Å². The maximum Gasteiger partial charge on any atom is 0.238 e. The van der Waals surface area contributed by atoms with Crippen LogP contribution in [0.3, 0.4) is 0 Å². The van der Waals surface area contributed by atoms with E-state index >= 15 is 0 Å². The first-order chi connectivity index (χ1) is 15.7. The molecule has 1 aliphatic carbocycles. The maximum atomic E-state index is 14.1. The molecule has 2 heterocycles. The van der Waals surface area contributed by atoms with Gasteiger partial charge < -0.3 is 20.3 Å². The maximum absolute atomic E-state index is 14.1. The van der Waals surface area contributed by atoms with E-state index in [1.165, 1.54) is 0 Å². The van der Waals surface area contributed by atoms with Gasteiger partial charge in [0.15, 0.2) is 11.6 Å². The number of likely N-dealkylation sites (N-methyl/N-ethyl adjacent to an activating group) is 1. The van der Waals surface area contributed by atoms with Crippen molar-refractivity contribution in [1.29, 1.82) is 0 Å². The van der Waals surface area contributed by atoms with E-state index in [1.807, 2.05) is 4.90 Å². The molecule has 0 aromatic heterocycles. The van der Waals surface area contributed by atoms with Crippen molar-refractivity contribution < 1.29 is 27.5 Å². The van der Waals surface area contributed by atoms with Crippen molar-refractivity contribution in [3.8, 4) is 0 Å². The lowest BCUT2D eigenvalue weighted by Crippen LogP contribution is -2.55. The summed E-state index contributed by atoms with van der Waals surface area (Å²) in [7, 11) is 3.27. The molecule has 1 aromatic carbocycles. The number of hydrogen-bond donors (Lipinski definition) is 1. The minimum Gasteiger partial charge on any atom is -0.383 e. The Morgan fingerprint density at radius 3 is 2.33 bits per heavy atom. The van der Waals surface area contributed by atoms with Gasteiger partial charge in [-0.1, -0.05) is 0 Å². The van der Waals surface area contributed by atoms with Crippen molar-refractivity contribution in [2.75, 3.05) is 27.3 Å². The third-order valence-electron chi connectivity index (χ3n) is 7.70. The molecule has 2 bridgehead atoms. The third kappa shape index (κ3) is 4.49. The highest BCUT2D eigenvalue weighted by molar-refractivity contribution is 6.08. The first-order valence-corrected chi connectivity index (χ1v) is 11.6. The van der Waals surface area contributed by atoms with E-state index < -0.39 is 28.9 Å². The van der Waals surface area contributed by atoms with E-state index in [4.69, 9.17) is 10.5 Å². The fraction of sp³-hybridized carbons (Fsp3) is 0.667. The second-order valence-electron chi connectivity index (χ2n) is 9.86. The topological polar surface area (TPSA) is 75.9 Å². The molecule has 2 unspecified atom stereocenters. The fourth-order valence-electron chi connectivity index (χ4n) is 5.63. The number of benzene rings is 1. The molecule has 182 valence electrons. The van der Waals surface area contributed by atoms with Crippen LogP contribution in [0.4, 0.5) is 13.2 Å². The Kier molecular flexibility index (Phi) is 6.73. The average Bonchev–Trinajstić information content (AvgIpc) is 3.55. The number of methoxy groups -OCH3 is 1. The van der Waals surface area contributed by atoms with Gasteiger partial charge in [0.1, 0.15) is 11.2 Å². The summed E-state index contributed by atoms with van der Waals surface area (Å²) in [6.45, 7) is 0.855. The van der Waals surface area contributed by atoms with Crippen LogP contribution in [0.25, 0.3) is 0 Å². The molecule has 1 saturated carbocycles. The van der Waals surface area contributed by atoms with Gasteiger partial charge in [0, 0.05) is 44.9 Å². The number of hydrogen-bond acceptors (Lipinski definition) is 4. The fourth-order valence-corrected chi connectivity index (χ4v) is 5.63. The number of piperidine rings is 1. The highest BCUT2D eigenvalue weighted by atomic mass is 19.2. The zero-order chi connectivity index (χ0) is 23.9. The van der Waals surface area contributed by atoms with E-state index in [-0.39, 0.29) is 41.8 Å². The first kappa shape index (κ1) is 24.0. The summed E-state index contributed by atoms with van der Waals surface area (Å²) >= 11 is 0. The molecule has 4 rings (SSSR count). The zero-order valence-corrected chi connectivity index (χ0v) is 19.2. The minimum absolute atomic E-state index is 0.00310. The van der Waals surface area contributed by atoms with Gasteiger partial charge in [0.2, 0.25) is 11.8 Å². The Hall–Kier alpha value is -2.13. The largest absolute Gasteiger partial charge is 0.383 e. The number of ether oxygens (including phenoxy) is 1. The SMILES string of the molecule is COCCN(C)C(=O)C1(C(=O)N2C3CCC2CC([C@H](N)Cc2cc(F)c(F)cc2F)C3)CC1.